The number of aromatic nitrogens is 1. The number of carbonyl (C=O) groups is 1. The maximum atomic E-state index is 12.7. The number of pyridine rings is 1. The SMILES string of the molecule is CC(=O)c1cccnc1Oc1ccc(F)cc1. The van der Waals surface area contributed by atoms with Crippen molar-refractivity contribution < 1.29 is 13.9 Å². The van der Waals surface area contributed by atoms with Crippen molar-refractivity contribution in [3.63, 3.8) is 0 Å². The monoisotopic (exact) mass is 231 g/mol. The summed E-state index contributed by atoms with van der Waals surface area (Å²) in [4.78, 5) is 15.3. The number of ether oxygens (including phenoxy) is 1. The number of rotatable bonds is 3. The molecule has 0 bridgehead atoms. The third-order valence-corrected chi connectivity index (χ3v) is 2.18. The summed E-state index contributed by atoms with van der Waals surface area (Å²) >= 11 is 0. The van der Waals surface area contributed by atoms with Gasteiger partial charge in [0.15, 0.2) is 5.78 Å². The average Bonchev–Trinajstić information content (AvgIpc) is 2.32. The molecule has 0 N–H and O–H groups in total. The molecule has 0 amide bonds. The summed E-state index contributed by atoms with van der Waals surface area (Å²) < 4.78 is 18.1. The second-order valence-corrected chi connectivity index (χ2v) is 3.47. The predicted molar refractivity (Wildman–Crippen MR) is 60.7 cm³/mol. The Morgan fingerprint density at radius 2 is 1.94 bits per heavy atom. The Morgan fingerprint density at radius 1 is 1.24 bits per heavy atom. The summed E-state index contributed by atoms with van der Waals surface area (Å²) in [5.74, 6) is 0.194. The molecule has 0 saturated carbocycles. The molecular formula is C13H10FNO2. The summed E-state index contributed by atoms with van der Waals surface area (Å²) in [7, 11) is 0. The lowest BCUT2D eigenvalue weighted by Gasteiger charge is -2.07. The molecule has 0 atom stereocenters. The standard InChI is InChI=1S/C13H10FNO2/c1-9(16)12-3-2-8-15-13(12)17-11-6-4-10(14)5-7-11/h2-8H,1H3. The van der Waals surface area contributed by atoms with Crippen molar-refractivity contribution in [2.75, 3.05) is 0 Å². The quantitative estimate of drug-likeness (QED) is 0.761. The lowest BCUT2D eigenvalue weighted by Crippen LogP contribution is -1.98. The van der Waals surface area contributed by atoms with E-state index in [1.807, 2.05) is 0 Å². The van der Waals surface area contributed by atoms with Crippen LogP contribution in [0.2, 0.25) is 0 Å². The van der Waals surface area contributed by atoms with Crippen LogP contribution in [0.5, 0.6) is 11.6 Å². The van der Waals surface area contributed by atoms with E-state index >= 15 is 0 Å². The van der Waals surface area contributed by atoms with E-state index in [0.29, 0.717) is 11.3 Å². The van der Waals surface area contributed by atoms with Gasteiger partial charge in [-0.05, 0) is 43.3 Å². The van der Waals surface area contributed by atoms with E-state index in [1.165, 1.54) is 37.4 Å². The highest BCUT2D eigenvalue weighted by Gasteiger charge is 2.09. The van der Waals surface area contributed by atoms with Crippen LogP contribution >= 0.6 is 0 Å². The molecule has 0 saturated heterocycles. The fourth-order valence-electron chi connectivity index (χ4n) is 1.35. The molecule has 0 spiro atoms. The Balaban J connectivity index is 2.30. The van der Waals surface area contributed by atoms with Crippen molar-refractivity contribution in [2.24, 2.45) is 0 Å². The molecule has 17 heavy (non-hydrogen) atoms. The first-order chi connectivity index (χ1) is 8.16. The summed E-state index contributed by atoms with van der Waals surface area (Å²) in [5.41, 5.74) is 0.400. The topological polar surface area (TPSA) is 39.2 Å². The highest BCUT2D eigenvalue weighted by molar-refractivity contribution is 5.96. The van der Waals surface area contributed by atoms with Crippen LogP contribution in [0, 0.1) is 5.82 Å². The molecule has 0 aliphatic carbocycles. The van der Waals surface area contributed by atoms with E-state index in [0.717, 1.165) is 0 Å². The molecule has 86 valence electrons. The number of carbonyl (C=O) groups excluding carboxylic acids is 1. The van der Waals surface area contributed by atoms with Gasteiger partial charge in [0.1, 0.15) is 11.6 Å². The number of ketones is 1. The summed E-state index contributed by atoms with van der Waals surface area (Å²) in [6, 6.07) is 8.82. The van der Waals surface area contributed by atoms with Gasteiger partial charge in [0, 0.05) is 6.20 Å². The van der Waals surface area contributed by atoms with Gasteiger partial charge in [0.25, 0.3) is 0 Å². The minimum atomic E-state index is -0.342. The molecule has 0 fully saturated rings. The Labute approximate surface area is 97.9 Å². The molecule has 4 heteroatoms. The zero-order chi connectivity index (χ0) is 12.3. The summed E-state index contributed by atoms with van der Waals surface area (Å²) in [6.07, 6.45) is 1.53. The van der Waals surface area contributed by atoms with E-state index in [1.54, 1.807) is 12.1 Å². The average molecular weight is 231 g/mol. The third-order valence-electron chi connectivity index (χ3n) is 2.18. The van der Waals surface area contributed by atoms with Gasteiger partial charge in [-0.25, -0.2) is 9.37 Å². The van der Waals surface area contributed by atoms with Crippen molar-refractivity contribution in [3.8, 4) is 11.6 Å². The molecular weight excluding hydrogens is 221 g/mol. The summed E-state index contributed by atoms with van der Waals surface area (Å²) in [5, 5.41) is 0. The smallest absolute Gasteiger partial charge is 0.230 e. The normalized spacial score (nSPS) is 10.0. The van der Waals surface area contributed by atoms with Crippen LogP contribution in [0.25, 0.3) is 0 Å². The lowest BCUT2D eigenvalue weighted by molar-refractivity contribution is 0.101. The zero-order valence-corrected chi connectivity index (χ0v) is 9.18. The Bertz CT molecular complexity index is 537. The van der Waals surface area contributed by atoms with Gasteiger partial charge in [-0.3, -0.25) is 4.79 Å². The maximum Gasteiger partial charge on any atom is 0.230 e. The number of halogens is 1. The van der Waals surface area contributed by atoms with Gasteiger partial charge >= 0.3 is 0 Å². The number of Topliss-reactive ketones (excluding diaryl/α,β-unsaturated/α-hetero) is 1. The van der Waals surface area contributed by atoms with Gasteiger partial charge in [-0.15, -0.1) is 0 Å². The zero-order valence-electron chi connectivity index (χ0n) is 9.18. The Morgan fingerprint density at radius 3 is 2.59 bits per heavy atom. The van der Waals surface area contributed by atoms with E-state index in [-0.39, 0.29) is 17.5 Å². The van der Waals surface area contributed by atoms with Crippen molar-refractivity contribution in [3.05, 3.63) is 54.0 Å². The Kier molecular flexibility index (Phi) is 3.14. The minimum absolute atomic E-state index is 0.129. The molecule has 0 unspecified atom stereocenters. The molecule has 2 rings (SSSR count). The molecule has 1 heterocycles. The van der Waals surface area contributed by atoms with Gasteiger partial charge < -0.3 is 4.74 Å². The van der Waals surface area contributed by atoms with E-state index in [9.17, 15) is 9.18 Å². The minimum Gasteiger partial charge on any atom is -0.438 e. The number of benzene rings is 1. The van der Waals surface area contributed by atoms with Crippen LogP contribution in [-0.2, 0) is 0 Å². The molecule has 0 aliphatic heterocycles. The largest absolute Gasteiger partial charge is 0.438 e. The molecule has 0 radical (unpaired) electrons. The van der Waals surface area contributed by atoms with Crippen LogP contribution in [0.4, 0.5) is 4.39 Å². The van der Waals surface area contributed by atoms with Gasteiger partial charge in [0.05, 0.1) is 5.56 Å². The van der Waals surface area contributed by atoms with E-state index < -0.39 is 0 Å². The molecule has 1 aromatic carbocycles. The number of hydrogen-bond acceptors (Lipinski definition) is 3. The van der Waals surface area contributed by atoms with Crippen LogP contribution in [0.1, 0.15) is 17.3 Å². The van der Waals surface area contributed by atoms with Crippen molar-refractivity contribution in [2.45, 2.75) is 6.92 Å². The van der Waals surface area contributed by atoms with Crippen molar-refractivity contribution in [1.29, 1.82) is 0 Å². The van der Waals surface area contributed by atoms with E-state index in [4.69, 9.17) is 4.74 Å². The fraction of sp³-hybridized carbons (Fsp3) is 0.0769. The second kappa shape index (κ2) is 4.74. The number of hydrogen-bond donors (Lipinski definition) is 0. The molecule has 0 aliphatic rings. The van der Waals surface area contributed by atoms with Crippen LogP contribution < -0.4 is 4.74 Å². The first-order valence-corrected chi connectivity index (χ1v) is 5.06. The van der Waals surface area contributed by atoms with Gasteiger partial charge in [-0.2, -0.15) is 0 Å². The highest BCUT2D eigenvalue weighted by atomic mass is 19.1. The van der Waals surface area contributed by atoms with Crippen molar-refractivity contribution in [1.82, 2.24) is 4.98 Å². The van der Waals surface area contributed by atoms with E-state index in [2.05, 4.69) is 4.98 Å². The van der Waals surface area contributed by atoms with Crippen molar-refractivity contribution >= 4 is 5.78 Å². The number of nitrogens with zero attached hydrogens (tertiary/aromatic N) is 1. The van der Waals surface area contributed by atoms with Crippen LogP contribution in [0.3, 0.4) is 0 Å². The maximum absolute atomic E-state index is 12.7. The Hall–Kier alpha value is -2.23. The first kappa shape index (κ1) is 11.3. The van der Waals surface area contributed by atoms with Gasteiger partial charge in [0.2, 0.25) is 5.88 Å². The summed E-state index contributed by atoms with van der Waals surface area (Å²) in [6.45, 7) is 1.44. The first-order valence-electron chi connectivity index (χ1n) is 5.06. The third kappa shape index (κ3) is 2.66. The second-order valence-electron chi connectivity index (χ2n) is 3.47. The molecule has 3 nitrogen and oxygen atoms in total. The van der Waals surface area contributed by atoms with Gasteiger partial charge in [-0.1, -0.05) is 0 Å². The van der Waals surface area contributed by atoms with Crippen LogP contribution in [0.15, 0.2) is 42.6 Å². The van der Waals surface area contributed by atoms with Crippen LogP contribution in [-0.4, -0.2) is 10.8 Å². The predicted octanol–water partition coefficient (Wildman–Crippen LogP) is 3.22. The fourth-order valence-corrected chi connectivity index (χ4v) is 1.35. The molecule has 1 aromatic heterocycles. The lowest BCUT2D eigenvalue weighted by atomic mass is 10.2. The highest BCUT2D eigenvalue weighted by Crippen LogP contribution is 2.23. The molecule has 2 aromatic rings.